The molecule has 1 amide bonds. The minimum Gasteiger partial charge on any atom is -0.508 e. The second kappa shape index (κ2) is 6.48. The van der Waals surface area contributed by atoms with Crippen molar-refractivity contribution in [3.63, 3.8) is 0 Å². The number of carbonyl (C=O) groups excluding carboxylic acids is 1. The molecule has 0 radical (unpaired) electrons. The Morgan fingerprint density at radius 2 is 1.89 bits per heavy atom. The molecule has 1 N–H and O–H groups in total. The molecule has 3 atom stereocenters. The van der Waals surface area contributed by atoms with Gasteiger partial charge in [-0.1, -0.05) is 12.1 Å². The molecule has 2 bridgehead atoms. The van der Waals surface area contributed by atoms with Gasteiger partial charge < -0.3 is 14.6 Å². The first kappa shape index (κ1) is 17.5. The van der Waals surface area contributed by atoms with Crippen LogP contribution in [0.1, 0.15) is 34.7 Å². The maximum absolute atomic E-state index is 13.4. The van der Waals surface area contributed by atoms with Crippen molar-refractivity contribution in [2.24, 2.45) is 13.0 Å². The molecule has 6 nitrogen and oxygen atoms in total. The van der Waals surface area contributed by atoms with E-state index in [1.807, 2.05) is 23.1 Å². The maximum Gasteiger partial charge on any atom is 0.263 e. The third kappa shape index (κ3) is 2.58. The lowest BCUT2D eigenvalue weighted by atomic mass is 9.75. The van der Waals surface area contributed by atoms with Crippen molar-refractivity contribution in [1.82, 2.24) is 14.4 Å². The predicted octanol–water partition coefficient (Wildman–Crippen LogP) is 1.79. The molecule has 0 saturated carbocycles. The van der Waals surface area contributed by atoms with Gasteiger partial charge in [-0.2, -0.15) is 0 Å². The van der Waals surface area contributed by atoms with Crippen molar-refractivity contribution in [1.29, 1.82) is 0 Å². The van der Waals surface area contributed by atoms with E-state index < -0.39 is 0 Å². The summed E-state index contributed by atoms with van der Waals surface area (Å²) in [5.74, 6) is 0.727. The van der Waals surface area contributed by atoms with Crippen LogP contribution in [0.2, 0.25) is 0 Å². The summed E-state index contributed by atoms with van der Waals surface area (Å²) in [7, 11) is 1.68. The van der Waals surface area contributed by atoms with Gasteiger partial charge >= 0.3 is 0 Å². The molecule has 4 saturated heterocycles. The van der Waals surface area contributed by atoms with E-state index in [9.17, 15) is 14.7 Å². The van der Waals surface area contributed by atoms with Gasteiger partial charge in [-0.25, -0.2) is 0 Å². The average molecular weight is 379 g/mol. The number of carbonyl (C=O) groups is 1. The molecular weight excluding hydrogens is 354 g/mol. The van der Waals surface area contributed by atoms with Crippen LogP contribution in [0.25, 0.3) is 0 Å². The second-order valence-electron chi connectivity index (χ2n) is 8.35. The third-order valence-corrected chi connectivity index (χ3v) is 6.91. The van der Waals surface area contributed by atoms with E-state index in [1.54, 1.807) is 31.4 Å². The van der Waals surface area contributed by atoms with E-state index in [2.05, 4.69) is 4.90 Å². The first-order valence-electron chi connectivity index (χ1n) is 10.0. The van der Waals surface area contributed by atoms with Crippen LogP contribution < -0.4 is 5.56 Å². The minimum atomic E-state index is -0.244. The van der Waals surface area contributed by atoms with Gasteiger partial charge in [-0.05, 0) is 61.7 Å². The number of fused-ring (bicyclic) bond motifs is 2. The van der Waals surface area contributed by atoms with Crippen LogP contribution in [0.3, 0.4) is 0 Å². The van der Waals surface area contributed by atoms with Crippen LogP contribution in [-0.4, -0.2) is 57.1 Å². The summed E-state index contributed by atoms with van der Waals surface area (Å²) in [5, 5.41) is 9.98. The van der Waals surface area contributed by atoms with Crippen LogP contribution in [0, 0.1) is 5.92 Å². The van der Waals surface area contributed by atoms with Gasteiger partial charge in [-0.3, -0.25) is 14.5 Å². The van der Waals surface area contributed by atoms with Crippen molar-refractivity contribution < 1.29 is 9.90 Å². The zero-order chi connectivity index (χ0) is 19.4. The summed E-state index contributed by atoms with van der Waals surface area (Å²) < 4.78 is 1.46. The van der Waals surface area contributed by atoms with Crippen LogP contribution in [0.4, 0.5) is 0 Å². The Kier molecular flexibility index (Phi) is 4.05. The minimum absolute atomic E-state index is 0.132. The predicted molar refractivity (Wildman–Crippen MR) is 105 cm³/mol. The molecule has 0 unspecified atom stereocenters. The Bertz CT molecular complexity index is 977. The van der Waals surface area contributed by atoms with E-state index in [4.69, 9.17) is 0 Å². The lowest BCUT2D eigenvalue weighted by Crippen LogP contribution is -2.61. The van der Waals surface area contributed by atoms with Crippen molar-refractivity contribution in [3.05, 3.63) is 64.1 Å². The summed E-state index contributed by atoms with van der Waals surface area (Å²) >= 11 is 0. The standard InChI is InChI=1S/C22H25N3O3/c1-23-9-3-6-17(21(23)27)22(28)25-13-18(15-4-2-5-16(26)12-15)20-19(25)14-7-10-24(20)11-8-14/h2-6,9,12,14,18-20,26H,7-8,10-11,13H2,1H3/t18-,19+,20+/m1/s1. The fraction of sp³-hybridized carbons (Fsp3) is 0.455. The Labute approximate surface area is 164 Å². The maximum atomic E-state index is 13.4. The molecule has 6 rings (SSSR count). The molecular formula is C22H25N3O3. The molecule has 4 aliphatic heterocycles. The van der Waals surface area contributed by atoms with E-state index in [1.165, 1.54) is 4.57 Å². The van der Waals surface area contributed by atoms with Gasteiger partial charge in [0.05, 0.1) is 6.04 Å². The lowest BCUT2D eigenvalue weighted by Gasteiger charge is -2.51. The molecule has 146 valence electrons. The number of amides is 1. The van der Waals surface area contributed by atoms with Gasteiger partial charge in [0.15, 0.2) is 0 Å². The van der Waals surface area contributed by atoms with Gasteiger partial charge in [0.2, 0.25) is 0 Å². The topological polar surface area (TPSA) is 65.8 Å². The first-order chi connectivity index (χ1) is 13.5. The molecule has 28 heavy (non-hydrogen) atoms. The number of piperidine rings is 3. The number of hydrogen-bond acceptors (Lipinski definition) is 4. The molecule has 4 aliphatic rings. The number of aromatic nitrogens is 1. The number of benzene rings is 1. The number of rotatable bonds is 2. The molecule has 0 aliphatic carbocycles. The first-order valence-corrected chi connectivity index (χ1v) is 10.0. The zero-order valence-electron chi connectivity index (χ0n) is 16.0. The molecule has 2 aromatic rings. The van der Waals surface area contributed by atoms with E-state index in [0.29, 0.717) is 12.5 Å². The van der Waals surface area contributed by atoms with Gasteiger partial charge in [0.25, 0.3) is 11.5 Å². The van der Waals surface area contributed by atoms with E-state index >= 15 is 0 Å². The van der Waals surface area contributed by atoms with Gasteiger partial charge in [0.1, 0.15) is 11.3 Å². The highest BCUT2D eigenvalue weighted by atomic mass is 16.3. The number of hydrogen-bond donors (Lipinski definition) is 1. The van der Waals surface area contributed by atoms with Gasteiger partial charge in [0, 0.05) is 31.7 Å². The Morgan fingerprint density at radius 1 is 1.11 bits per heavy atom. The molecule has 4 fully saturated rings. The van der Waals surface area contributed by atoms with Crippen LogP contribution >= 0.6 is 0 Å². The van der Waals surface area contributed by atoms with E-state index in [0.717, 1.165) is 31.5 Å². The second-order valence-corrected chi connectivity index (χ2v) is 8.35. The largest absolute Gasteiger partial charge is 0.508 e. The fourth-order valence-electron chi connectivity index (χ4n) is 5.62. The van der Waals surface area contributed by atoms with Gasteiger partial charge in [-0.15, -0.1) is 0 Å². The van der Waals surface area contributed by atoms with Crippen molar-refractivity contribution in [3.8, 4) is 5.75 Å². The number of pyridine rings is 1. The smallest absolute Gasteiger partial charge is 0.263 e. The zero-order valence-corrected chi connectivity index (χ0v) is 16.0. The van der Waals surface area contributed by atoms with Crippen molar-refractivity contribution in [2.75, 3.05) is 19.6 Å². The Morgan fingerprint density at radius 3 is 2.64 bits per heavy atom. The molecule has 1 aromatic heterocycles. The molecule has 1 aromatic carbocycles. The summed E-state index contributed by atoms with van der Waals surface area (Å²) in [6.07, 6.45) is 3.88. The van der Waals surface area contributed by atoms with Crippen LogP contribution in [0.5, 0.6) is 5.75 Å². The van der Waals surface area contributed by atoms with E-state index in [-0.39, 0.29) is 40.8 Å². The summed E-state index contributed by atoms with van der Waals surface area (Å²) in [4.78, 5) is 30.5. The summed E-state index contributed by atoms with van der Waals surface area (Å²) in [6.45, 7) is 2.72. The third-order valence-electron chi connectivity index (χ3n) is 6.91. The average Bonchev–Trinajstić information content (AvgIpc) is 3.13. The molecule has 0 spiro atoms. The quantitative estimate of drug-likeness (QED) is 0.864. The summed E-state index contributed by atoms with van der Waals surface area (Å²) in [5.41, 5.74) is 1.07. The number of nitrogens with zero attached hydrogens (tertiary/aromatic N) is 3. The summed E-state index contributed by atoms with van der Waals surface area (Å²) in [6, 6.07) is 11.2. The highest BCUT2D eigenvalue weighted by molar-refractivity contribution is 5.94. The number of phenols is 1. The van der Waals surface area contributed by atoms with Crippen molar-refractivity contribution >= 4 is 5.91 Å². The number of phenolic OH excluding ortho intramolecular Hbond substituents is 1. The SMILES string of the molecule is Cn1cccc(C(=O)N2C[C@H](c3cccc(O)c3)[C@H]3[C@@H]2C2CCN3CC2)c1=O. The van der Waals surface area contributed by atoms with Crippen LogP contribution in [-0.2, 0) is 7.05 Å². The molecule has 6 heteroatoms. The number of aryl methyl sites for hydroxylation is 1. The normalized spacial score (nSPS) is 31.0. The Balaban J connectivity index is 1.56. The lowest BCUT2D eigenvalue weighted by molar-refractivity contribution is -0.00348. The highest BCUT2D eigenvalue weighted by Gasteiger charge is 2.54. The highest BCUT2D eigenvalue weighted by Crippen LogP contribution is 2.47. The van der Waals surface area contributed by atoms with Crippen molar-refractivity contribution in [2.45, 2.75) is 30.8 Å². The number of likely N-dealkylation sites (tertiary alicyclic amines) is 1. The monoisotopic (exact) mass is 379 g/mol. The van der Waals surface area contributed by atoms with Crippen LogP contribution in [0.15, 0.2) is 47.4 Å². The molecule has 5 heterocycles. The number of aromatic hydroxyl groups is 1. The fourth-order valence-corrected chi connectivity index (χ4v) is 5.62. The Hall–Kier alpha value is -2.60.